The third-order valence-corrected chi connectivity index (χ3v) is 2.36. The number of halogens is 1. The summed E-state index contributed by atoms with van der Waals surface area (Å²) in [4.78, 5) is 14.7. The van der Waals surface area contributed by atoms with Gasteiger partial charge in [0.25, 0.3) is 5.91 Å². The predicted octanol–water partition coefficient (Wildman–Crippen LogP) is 1.28. The zero-order valence-corrected chi connectivity index (χ0v) is 9.76. The van der Waals surface area contributed by atoms with E-state index in [1.165, 1.54) is 24.3 Å². The van der Waals surface area contributed by atoms with E-state index in [1.807, 2.05) is 0 Å². The van der Waals surface area contributed by atoms with Gasteiger partial charge in [0, 0.05) is 12.1 Å². The molecule has 0 saturated carbocycles. The molecule has 1 aromatic heterocycles. The van der Waals surface area contributed by atoms with Crippen molar-refractivity contribution < 1.29 is 13.9 Å². The van der Waals surface area contributed by atoms with Gasteiger partial charge in [-0.05, 0) is 18.2 Å². The van der Waals surface area contributed by atoms with Crippen molar-refractivity contribution >= 4 is 17.4 Å². The van der Waals surface area contributed by atoms with Crippen LogP contribution in [0, 0.1) is 5.82 Å². The minimum absolute atomic E-state index is 0.117. The first kappa shape index (κ1) is 12.6. The Morgan fingerprint density at radius 1 is 1.21 bits per heavy atom. The molecule has 7 heteroatoms. The van der Waals surface area contributed by atoms with Gasteiger partial charge in [-0.15, -0.1) is 0 Å². The van der Waals surface area contributed by atoms with Crippen LogP contribution < -0.4 is 21.9 Å². The Kier molecular flexibility index (Phi) is 3.19. The number of carbonyl (C=O) groups is 1. The van der Waals surface area contributed by atoms with Crippen LogP contribution in [0.25, 0.3) is 0 Å². The summed E-state index contributed by atoms with van der Waals surface area (Å²) in [5.74, 6) is -1.17. The third kappa shape index (κ3) is 2.71. The molecule has 6 N–H and O–H groups in total. The minimum Gasteiger partial charge on any atom is -0.439 e. The normalized spacial score (nSPS) is 10.2. The van der Waals surface area contributed by atoms with Gasteiger partial charge in [-0.25, -0.2) is 4.39 Å². The van der Waals surface area contributed by atoms with Gasteiger partial charge in [-0.3, -0.25) is 4.79 Å². The maximum Gasteiger partial charge on any atom is 0.251 e. The van der Waals surface area contributed by atoms with Crippen molar-refractivity contribution in [2.45, 2.75) is 0 Å². The summed E-state index contributed by atoms with van der Waals surface area (Å²) >= 11 is 0. The second kappa shape index (κ2) is 4.81. The monoisotopic (exact) mass is 262 g/mol. The van der Waals surface area contributed by atoms with Crippen LogP contribution in [0.3, 0.4) is 0 Å². The topological polar surface area (TPSA) is 117 Å². The van der Waals surface area contributed by atoms with E-state index < -0.39 is 11.7 Å². The van der Waals surface area contributed by atoms with Gasteiger partial charge in [0.15, 0.2) is 5.82 Å². The summed E-state index contributed by atoms with van der Waals surface area (Å²) in [5.41, 5.74) is 16.1. The van der Waals surface area contributed by atoms with Gasteiger partial charge in [-0.2, -0.15) is 4.98 Å². The van der Waals surface area contributed by atoms with E-state index in [1.54, 1.807) is 0 Å². The van der Waals surface area contributed by atoms with Crippen LogP contribution in [0.2, 0.25) is 0 Å². The molecule has 6 nitrogen and oxygen atoms in total. The van der Waals surface area contributed by atoms with Gasteiger partial charge in [0.2, 0.25) is 5.88 Å². The molecule has 0 aliphatic heterocycles. The van der Waals surface area contributed by atoms with E-state index in [4.69, 9.17) is 21.9 Å². The maximum atomic E-state index is 13.5. The fraction of sp³-hybridized carbons (Fsp3) is 0. The van der Waals surface area contributed by atoms with E-state index in [0.717, 1.165) is 6.07 Å². The molecule has 0 atom stereocenters. The van der Waals surface area contributed by atoms with E-state index in [9.17, 15) is 9.18 Å². The van der Waals surface area contributed by atoms with E-state index in [2.05, 4.69) is 4.98 Å². The molecule has 0 bridgehead atoms. The molecule has 1 heterocycles. The molecule has 0 spiro atoms. The fourth-order valence-electron chi connectivity index (χ4n) is 1.40. The number of nitrogen functional groups attached to an aromatic ring is 2. The summed E-state index contributed by atoms with van der Waals surface area (Å²) in [7, 11) is 0. The lowest BCUT2D eigenvalue weighted by atomic mass is 10.2. The molecule has 0 fully saturated rings. The number of anilines is 2. The number of benzene rings is 1. The number of pyridine rings is 1. The number of hydrogen-bond donors (Lipinski definition) is 3. The number of primary amides is 1. The number of carbonyl (C=O) groups excluding carboxylic acids is 1. The van der Waals surface area contributed by atoms with Crippen molar-refractivity contribution in [3.63, 3.8) is 0 Å². The summed E-state index contributed by atoms with van der Waals surface area (Å²) in [6.45, 7) is 0. The molecular weight excluding hydrogens is 251 g/mol. The average Bonchev–Trinajstić information content (AvgIpc) is 2.33. The van der Waals surface area contributed by atoms with Crippen molar-refractivity contribution in [1.82, 2.24) is 4.98 Å². The van der Waals surface area contributed by atoms with Crippen LogP contribution in [0.5, 0.6) is 11.6 Å². The molecule has 0 saturated heterocycles. The number of rotatable bonds is 3. The van der Waals surface area contributed by atoms with Crippen molar-refractivity contribution in [2.75, 3.05) is 11.5 Å². The van der Waals surface area contributed by atoms with Gasteiger partial charge < -0.3 is 21.9 Å². The third-order valence-electron chi connectivity index (χ3n) is 2.36. The number of ether oxygens (including phenoxy) is 1. The fourth-order valence-corrected chi connectivity index (χ4v) is 1.40. The zero-order valence-electron chi connectivity index (χ0n) is 9.76. The molecule has 2 rings (SSSR count). The smallest absolute Gasteiger partial charge is 0.251 e. The molecule has 0 aliphatic rings. The second-order valence-corrected chi connectivity index (χ2v) is 3.73. The van der Waals surface area contributed by atoms with E-state index in [0.29, 0.717) is 5.69 Å². The number of amides is 1. The lowest BCUT2D eigenvalue weighted by Gasteiger charge is -2.07. The highest BCUT2D eigenvalue weighted by atomic mass is 19.1. The zero-order chi connectivity index (χ0) is 14.0. The Morgan fingerprint density at radius 2 is 1.95 bits per heavy atom. The van der Waals surface area contributed by atoms with Crippen LogP contribution in [0.1, 0.15) is 10.4 Å². The number of aromatic nitrogens is 1. The van der Waals surface area contributed by atoms with Crippen molar-refractivity contribution in [2.24, 2.45) is 5.73 Å². The van der Waals surface area contributed by atoms with Crippen LogP contribution in [-0.4, -0.2) is 10.9 Å². The highest BCUT2D eigenvalue weighted by Gasteiger charge is 2.10. The molecule has 1 aromatic carbocycles. The van der Waals surface area contributed by atoms with Crippen LogP contribution in [0.15, 0.2) is 30.3 Å². The molecule has 0 aliphatic carbocycles. The van der Waals surface area contributed by atoms with Gasteiger partial charge >= 0.3 is 0 Å². The Bertz CT molecular complexity index is 646. The van der Waals surface area contributed by atoms with Gasteiger partial charge in [-0.1, -0.05) is 0 Å². The van der Waals surface area contributed by atoms with E-state index in [-0.39, 0.29) is 23.0 Å². The number of nitrogens with zero attached hydrogens (tertiary/aromatic N) is 1. The summed E-state index contributed by atoms with van der Waals surface area (Å²) < 4.78 is 18.8. The first-order valence-corrected chi connectivity index (χ1v) is 5.26. The molecule has 98 valence electrons. The molecule has 1 amide bonds. The first-order valence-electron chi connectivity index (χ1n) is 5.26. The standard InChI is InChI=1S/C12H11FN4O2/c13-8-5-6(1-2-7(8)12(16)18)19-10-4-3-9(14)11(15)17-10/h1-5H,14H2,(H2,15,17)(H2,16,18). The van der Waals surface area contributed by atoms with Crippen molar-refractivity contribution in [3.8, 4) is 11.6 Å². The van der Waals surface area contributed by atoms with Gasteiger partial charge in [0.1, 0.15) is 11.6 Å². The molecule has 2 aromatic rings. The Balaban J connectivity index is 2.26. The summed E-state index contributed by atoms with van der Waals surface area (Å²) in [6, 6.07) is 6.68. The average molecular weight is 262 g/mol. The Labute approximate surface area is 108 Å². The predicted molar refractivity (Wildman–Crippen MR) is 68.1 cm³/mol. The first-order chi connectivity index (χ1) is 8.97. The molecule has 19 heavy (non-hydrogen) atoms. The largest absolute Gasteiger partial charge is 0.439 e. The van der Waals surface area contributed by atoms with Crippen molar-refractivity contribution in [3.05, 3.63) is 41.7 Å². The SMILES string of the molecule is NC(=O)c1ccc(Oc2ccc(N)c(N)n2)cc1F. The van der Waals surface area contributed by atoms with E-state index >= 15 is 0 Å². The quantitative estimate of drug-likeness (QED) is 0.770. The number of hydrogen-bond acceptors (Lipinski definition) is 5. The molecular formula is C12H11FN4O2. The maximum absolute atomic E-state index is 13.5. The van der Waals surface area contributed by atoms with Crippen LogP contribution >= 0.6 is 0 Å². The Hall–Kier alpha value is -2.83. The Morgan fingerprint density at radius 3 is 2.53 bits per heavy atom. The summed E-state index contributed by atoms with van der Waals surface area (Å²) in [6.07, 6.45) is 0. The minimum atomic E-state index is -0.848. The van der Waals surface area contributed by atoms with Crippen LogP contribution in [-0.2, 0) is 0 Å². The van der Waals surface area contributed by atoms with Gasteiger partial charge in [0.05, 0.1) is 11.3 Å². The summed E-state index contributed by atoms with van der Waals surface area (Å²) in [5, 5.41) is 0. The highest BCUT2D eigenvalue weighted by molar-refractivity contribution is 5.93. The van der Waals surface area contributed by atoms with Crippen molar-refractivity contribution in [1.29, 1.82) is 0 Å². The second-order valence-electron chi connectivity index (χ2n) is 3.73. The van der Waals surface area contributed by atoms with Crippen LogP contribution in [0.4, 0.5) is 15.9 Å². The highest BCUT2D eigenvalue weighted by Crippen LogP contribution is 2.24. The lowest BCUT2D eigenvalue weighted by Crippen LogP contribution is -2.12. The lowest BCUT2D eigenvalue weighted by molar-refractivity contribution is 0.0996. The molecule has 0 unspecified atom stereocenters. The number of nitrogens with two attached hydrogens (primary N) is 3. The molecule has 0 radical (unpaired) electrons.